The second-order valence-corrected chi connectivity index (χ2v) is 2.81. The number of Topliss-reactive ketones (excluding diaryl/α,β-unsaturated/α-hetero) is 1. The number of rotatable bonds is 7. The van der Waals surface area contributed by atoms with E-state index in [-0.39, 0.29) is 6.42 Å². The molecule has 0 unspecified atom stereocenters. The third-order valence-corrected chi connectivity index (χ3v) is 1.75. The first-order valence-electron chi connectivity index (χ1n) is 4.49. The van der Waals surface area contributed by atoms with Crippen LogP contribution in [0.2, 0.25) is 0 Å². The molecule has 86 valence electrons. The number of oxime groups is 1. The first-order chi connectivity index (χ1) is 7.17. The summed E-state index contributed by atoms with van der Waals surface area (Å²) in [6, 6.07) is 0. The molecule has 0 atom stereocenters. The summed E-state index contributed by atoms with van der Waals surface area (Å²) in [5.41, 5.74) is -0.560. The van der Waals surface area contributed by atoms with Gasteiger partial charge in [-0.25, -0.2) is 4.79 Å². The summed E-state index contributed by atoms with van der Waals surface area (Å²) in [5, 5.41) is 11.1. The highest BCUT2D eigenvalue weighted by molar-refractivity contribution is 6.64. The minimum atomic E-state index is -0.922. The summed E-state index contributed by atoms with van der Waals surface area (Å²) in [6.45, 7) is 0.553. The number of ketones is 1. The fourth-order valence-corrected chi connectivity index (χ4v) is 0.957. The Kier molecular flexibility index (Phi) is 7.17. The SMILES string of the molecule is COCCCCC(=O)/C(=N/O)C(=O)OC. The van der Waals surface area contributed by atoms with E-state index in [1.54, 1.807) is 7.11 Å². The lowest BCUT2D eigenvalue weighted by Gasteiger charge is -2.01. The van der Waals surface area contributed by atoms with Crippen LogP contribution in [0.15, 0.2) is 5.16 Å². The number of carbonyl (C=O) groups is 2. The summed E-state index contributed by atoms with van der Waals surface area (Å²) in [5.74, 6) is -1.45. The highest BCUT2D eigenvalue weighted by atomic mass is 16.5. The first kappa shape index (κ1) is 13.6. The first-order valence-corrected chi connectivity index (χ1v) is 4.49. The van der Waals surface area contributed by atoms with Gasteiger partial charge in [0.2, 0.25) is 5.71 Å². The van der Waals surface area contributed by atoms with Gasteiger partial charge in [-0.1, -0.05) is 5.16 Å². The van der Waals surface area contributed by atoms with Gasteiger partial charge in [-0.3, -0.25) is 4.79 Å². The number of unbranched alkanes of at least 4 members (excludes halogenated alkanes) is 1. The molecule has 0 aliphatic carbocycles. The van der Waals surface area contributed by atoms with E-state index in [2.05, 4.69) is 9.89 Å². The predicted octanol–water partition coefficient (Wildman–Crippen LogP) is 0.375. The van der Waals surface area contributed by atoms with Crippen molar-refractivity contribution in [2.45, 2.75) is 19.3 Å². The molecule has 0 amide bonds. The fraction of sp³-hybridized carbons (Fsp3) is 0.667. The van der Waals surface area contributed by atoms with Gasteiger partial charge in [0.25, 0.3) is 0 Å². The Morgan fingerprint density at radius 3 is 2.40 bits per heavy atom. The Balaban J connectivity index is 4.02. The van der Waals surface area contributed by atoms with Crippen molar-refractivity contribution in [3.63, 3.8) is 0 Å². The van der Waals surface area contributed by atoms with Crippen molar-refractivity contribution in [3.05, 3.63) is 0 Å². The summed E-state index contributed by atoms with van der Waals surface area (Å²) in [6.07, 6.45) is 1.42. The highest BCUT2D eigenvalue weighted by Crippen LogP contribution is 1.99. The van der Waals surface area contributed by atoms with E-state index in [0.29, 0.717) is 19.4 Å². The Labute approximate surface area is 87.9 Å². The van der Waals surface area contributed by atoms with Gasteiger partial charge in [0.15, 0.2) is 5.78 Å². The number of hydrogen-bond donors (Lipinski definition) is 1. The maximum absolute atomic E-state index is 11.3. The number of carbonyl (C=O) groups excluding carboxylic acids is 2. The number of nitrogens with zero attached hydrogens (tertiary/aromatic N) is 1. The molecular weight excluding hydrogens is 202 g/mol. The molecule has 0 spiro atoms. The number of hydrogen-bond acceptors (Lipinski definition) is 6. The molecule has 6 nitrogen and oxygen atoms in total. The lowest BCUT2D eigenvalue weighted by molar-refractivity contribution is -0.133. The molecular formula is C9H15NO5. The third kappa shape index (κ3) is 5.11. The van der Waals surface area contributed by atoms with Crippen LogP contribution in [0.25, 0.3) is 0 Å². The van der Waals surface area contributed by atoms with Crippen LogP contribution in [0.3, 0.4) is 0 Å². The average molecular weight is 217 g/mol. The zero-order valence-electron chi connectivity index (χ0n) is 8.86. The molecule has 0 fully saturated rings. The van der Waals surface area contributed by atoms with Gasteiger partial charge >= 0.3 is 5.97 Å². The van der Waals surface area contributed by atoms with Crippen LogP contribution in [0.5, 0.6) is 0 Å². The van der Waals surface area contributed by atoms with Crippen LogP contribution in [-0.4, -0.2) is 43.5 Å². The lowest BCUT2D eigenvalue weighted by Crippen LogP contribution is -2.25. The van der Waals surface area contributed by atoms with Crippen LogP contribution in [-0.2, 0) is 19.1 Å². The molecule has 0 aromatic heterocycles. The molecule has 6 heteroatoms. The molecule has 0 heterocycles. The molecule has 0 radical (unpaired) electrons. The van der Waals surface area contributed by atoms with Gasteiger partial charge in [0.05, 0.1) is 7.11 Å². The molecule has 0 aliphatic rings. The standard InChI is InChI=1S/C9H15NO5/c1-14-6-4-3-5-7(11)8(10-13)9(12)15-2/h13H,3-6H2,1-2H3/b10-8-. The van der Waals surface area contributed by atoms with Crippen molar-refractivity contribution >= 4 is 17.5 Å². The summed E-state index contributed by atoms with van der Waals surface area (Å²) < 4.78 is 9.07. The van der Waals surface area contributed by atoms with E-state index in [4.69, 9.17) is 9.94 Å². The number of esters is 1. The second kappa shape index (κ2) is 7.93. The summed E-state index contributed by atoms with van der Waals surface area (Å²) in [4.78, 5) is 22.2. The molecule has 15 heavy (non-hydrogen) atoms. The van der Waals surface area contributed by atoms with E-state index in [1.807, 2.05) is 0 Å². The average Bonchev–Trinajstić information content (AvgIpc) is 2.25. The van der Waals surface area contributed by atoms with Crippen molar-refractivity contribution in [1.29, 1.82) is 0 Å². The Hall–Kier alpha value is -1.43. The Bertz CT molecular complexity index is 249. The van der Waals surface area contributed by atoms with Gasteiger partial charge in [0.1, 0.15) is 0 Å². The van der Waals surface area contributed by atoms with E-state index in [1.165, 1.54) is 0 Å². The van der Waals surface area contributed by atoms with Crippen molar-refractivity contribution in [3.8, 4) is 0 Å². The van der Waals surface area contributed by atoms with Crippen LogP contribution >= 0.6 is 0 Å². The van der Waals surface area contributed by atoms with Gasteiger partial charge in [-0.2, -0.15) is 0 Å². The zero-order valence-corrected chi connectivity index (χ0v) is 8.86. The number of ether oxygens (including phenoxy) is 2. The minimum Gasteiger partial charge on any atom is -0.464 e. The van der Waals surface area contributed by atoms with Crippen molar-refractivity contribution in [1.82, 2.24) is 0 Å². The second-order valence-electron chi connectivity index (χ2n) is 2.81. The van der Waals surface area contributed by atoms with Gasteiger partial charge < -0.3 is 14.7 Å². The smallest absolute Gasteiger partial charge is 0.363 e. The largest absolute Gasteiger partial charge is 0.464 e. The van der Waals surface area contributed by atoms with E-state index < -0.39 is 17.5 Å². The summed E-state index contributed by atoms with van der Waals surface area (Å²) >= 11 is 0. The molecule has 0 bridgehead atoms. The minimum absolute atomic E-state index is 0.137. The molecule has 0 aliphatic heterocycles. The topological polar surface area (TPSA) is 85.2 Å². The Morgan fingerprint density at radius 2 is 1.93 bits per heavy atom. The van der Waals surface area contributed by atoms with Crippen LogP contribution in [0.1, 0.15) is 19.3 Å². The maximum atomic E-state index is 11.3. The summed E-state index contributed by atoms with van der Waals surface area (Å²) in [7, 11) is 2.68. The zero-order chi connectivity index (χ0) is 11.7. The van der Waals surface area contributed by atoms with E-state index in [9.17, 15) is 9.59 Å². The molecule has 0 rings (SSSR count). The normalized spacial score (nSPS) is 11.2. The van der Waals surface area contributed by atoms with Crippen molar-refractivity contribution < 1.29 is 24.3 Å². The molecule has 1 N–H and O–H groups in total. The van der Waals surface area contributed by atoms with Crippen LogP contribution in [0.4, 0.5) is 0 Å². The van der Waals surface area contributed by atoms with Gasteiger partial charge in [0, 0.05) is 20.1 Å². The Morgan fingerprint density at radius 1 is 1.27 bits per heavy atom. The highest BCUT2D eigenvalue weighted by Gasteiger charge is 2.21. The molecule has 0 aromatic carbocycles. The maximum Gasteiger partial charge on any atom is 0.363 e. The fourth-order valence-electron chi connectivity index (χ4n) is 0.957. The van der Waals surface area contributed by atoms with Crippen molar-refractivity contribution in [2.24, 2.45) is 5.16 Å². The molecule has 0 saturated heterocycles. The van der Waals surface area contributed by atoms with E-state index in [0.717, 1.165) is 7.11 Å². The quantitative estimate of drug-likeness (QED) is 0.166. The lowest BCUT2D eigenvalue weighted by atomic mass is 10.1. The van der Waals surface area contributed by atoms with E-state index >= 15 is 0 Å². The van der Waals surface area contributed by atoms with Gasteiger partial charge in [-0.05, 0) is 12.8 Å². The van der Waals surface area contributed by atoms with Crippen LogP contribution < -0.4 is 0 Å². The van der Waals surface area contributed by atoms with Crippen LogP contribution in [0, 0.1) is 0 Å². The molecule has 0 aromatic rings. The molecule has 0 saturated carbocycles. The number of methoxy groups -OCH3 is 2. The monoisotopic (exact) mass is 217 g/mol. The van der Waals surface area contributed by atoms with Gasteiger partial charge in [-0.15, -0.1) is 0 Å². The third-order valence-electron chi connectivity index (χ3n) is 1.75. The van der Waals surface area contributed by atoms with Crippen molar-refractivity contribution in [2.75, 3.05) is 20.8 Å². The predicted molar refractivity (Wildman–Crippen MR) is 52.0 cm³/mol.